The van der Waals surface area contributed by atoms with Gasteiger partial charge in [0.05, 0.1) is 10.7 Å². The third-order valence-electron chi connectivity index (χ3n) is 2.41. The van der Waals surface area contributed by atoms with Crippen molar-refractivity contribution < 1.29 is 18.7 Å². The molecule has 0 aliphatic carbocycles. The molecule has 110 valence electrons. The summed E-state index contributed by atoms with van der Waals surface area (Å²) in [5.41, 5.74) is 0.106. The van der Waals surface area contributed by atoms with Gasteiger partial charge in [0.25, 0.3) is 5.76 Å². The second-order valence-corrected chi connectivity index (χ2v) is 5.27. The first-order valence-corrected chi connectivity index (χ1v) is 6.94. The molecule has 0 bridgehead atoms. The van der Waals surface area contributed by atoms with E-state index in [9.17, 15) is 13.6 Å². The number of hydrogen-bond acceptors (Lipinski definition) is 4. The summed E-state index contributed by atoms with van der Waals surface area (Å²) < 4.78 is 25.0. The van der Waals surface area contributed by atoms with Crippen LogP contribution >= 0.6 is 23.4 Å². The summed E-state index contributed by atoms with van der Waals surface area (Å²) in [4.78, 5) is 15.1. The smallest absolute Gasteiger partial charge is 0.356 e. The molecule has 0 aliphatic heterocycles. The SMILES string of the molecule is O=C(O)c1nc(Nc2ccccc2SC(F)F)ccc1Cl. The summed E-state index contributed by atoms with van der Waals surface area (Å²) in [5.74, 6) is -3.61. The van der Waals surface area contributed by atoms with Crippen LogP contribution in [0.5, 0.6) is 0 Å². The van der Waals surface area contributed by atoms with Crippen molar-refractivity contribution in [3.63, 3.8) is 0 Å². The van der Waals surface area contributed by atoms with Crippen molar-refractivity contribution in [3.05, 3.63) is 47.1 Å². The molecule has 0 saturated carbocycles. The molecule has 21 heavy (non-hydrogen) atoms. The maximum absolute atomic E-state index is 12.5. The summed E-state index contributed by atoms with van der Waals surface area (Å²) in [5, 5.41) is 11.8. The Kier molecular flexibility index (Phi) is 4.98. The first-order valence-electron chi connectivity index (χ1n) is 5.68. The molecule has 0 unspecified atom stereocenters. The fourth-order valence-corrected chi connectivity index (χ4v) is 2.35. The van der Waals surface area contributed by atoms with E-state index in [0.717, 1.165) is 0 Å². The Bertz CT molecular complexity index is 670. The number of carboxylic acid groups (broad SMARTS) is 1. The van der Waals surface area contributed by atoms with Crippen molar-refractivity contribution in [1.82, 2.24) is 4.98 Å². The largest absolute Gasteiger partial charge is 0.476 e. The molecule has 0 fully saturated rings. The van der Waals surface area contributed by atoms with E-state index in [-0.39, 0.29) is 16.5 Å². The number of anilines is 2. The minimum absolute atomic E-state index is 0.00305. The van der Waals surface area contributed by atoms with Crippen molar-refractivity contribution in [2.75, 3.05) is 5.32 Å². The zero-order valence-electron chi connectivity index (χ0n) is 10.4. The van der Waals surface area contributed by atoms with E-state index < -0.39 is 11.7 Å². The van der Waals surface area contributed by atoms with Gasteiger partial charge in [-0.15, -0.1) is 0 Å². The lowest BCUT2D eigenvalue weighted by atomic mass is 10.3. The van der Waals surface area contributed by atoms with Crippen LogP contribution in [0.25, 0.3) is 0 Å². The summed E-state index contributed by atoms with van der Waals surface area (Å²) in [6.45, 7) is 0. The Morgan fingerprint density at radius 1 is 1.29 bits per heavy atom. The predicted molar refractivity (Wildman–Crippen MR) is 77.8 cm³/mol. The van der Waals surface area contributed by atoms with Crippen LogP contribution in [0.4, 0.5) is 20.3 Å². The van der Waals surface area contributed by atoms with Gasteiger partial charge in [-0.25, -0.2) is 9.78 Å². The topological polar surface area (TPSA) is 62.2 Å². The monoisotopic (exact) mass is 330 g/mol. The number of halogens is 3. The molecule has 2 aromatic rings. The number of aromatic carboxylic acids is 1. The number of pyridine rings is 1. The summed E-state index contributed by atoms with van der Waals surface area (Å²) >= 11 is 6.11. The second-order valence-electron chi connectivity index (χ2n) is 3.83. The quantitative estimate of drug-likeness (QED) is 0.791. The first kappa shape index (κ1) is 15.5. The molecule has 0 spiro atoms. The van der Waals surface area contributed by atoms with Gasteiger partial charge in [0.15, 0.2) is 5.69 Å². The standard InChI is InChI=1S/C13H9ClF2N2O2S/c14-7-5-6-10(18-11(7)12(19)20)17-8-3-1-2-4-9(8)21-13(15)16/h1-6,13H,(H,17,18)(H,19,20). The van der Waals surface area contributed by atoms with Crippen LogP contribution in [0, 0.1) is 0 Å². The molecule has 1 aromatic heterocycles. The molecule has 0 aliphatic rings. The van der Waals surface area contributed by atoms with Crippen LogP contribution in [0.3, 0.4) is 0 Å². The highest BCUT2D eigenvalue weighted by molar-refractivity contribution is 7.99. The Labute approximate surface area is 128 Å². The molecule has 4 nitrogen and oxygen atoms in total. The molecule has 1 heterocycles. The van der Waals surface area contributed by atoms with Crippen molar-refractivity contribution >= 4 is 40.8 Å². The number of aromatic nitrogens is 1. The average molecular weight is 331 g/mol. The number of alkyl halides is 2. The number of nitrogens with one attached hydrogen (secondary N) is 1. The average Bonchev–Trinajstić information content (AvgIpc) is 2.42. The summed E-state index contributed by atoms with van der Waals surface area (Å²) in [7, 11) is 0. The molecule has 0 atom stereocenters. The molecule has 0 radical (unpaired) electrons. The summed E-state index contributed by atoms with van der Waals surface area (Å²) in [6, 6.07) is 9.29. The van der Waals surface area contributed by atoms with E-state index >= 15 is 0 Å². The van der Waals surface area contributed by atoms with Crippen molar-refractivity contribution in [2.24, 2.45) is 0 Å². The third kappa shape index (κ3) is 4.05. The van der Waals surface area contributed by atoms with E-state index in [1.807, 2.05) is 0 Å². The molecule has 8 heteroatoms. The van der Waals surface area contributed by atoms with Crippen LogP contribution in [0.2, 0.25) is 5.02 Å². The number of hydrogen-bond donors (Lipinski definition) is 2. The first-order chi connectivity index (χ1) is 9.97. The van der Waals surface area contributed by atoms with Crippen molar-refractivity contribution in [2.45, 2.75) is 10.7 Å². The van der Waals surface area contributed by atoms with Gasteiger partial charge >= 0.3 is 5.97 Å². The van der Waals surface area contributed by atoms with E-state index in [4.69, 9.17) is 16.7 Å². The Balaban J connectivity index is 2.30. The van der Waals surface area contributed by atoms with E-state index in [1.165, 1.54) is 18.2 Å². The summed E-state index contributed by atoms with van der Waals surface area (Å²) in [6.07, 6.45) is 0. The van der Waals surface area contributed by atoms with Crippen LogP contribution in [0.1, 0.15) is 10.5 Å². The van der Waals surface area contributed by atoms with Crippen LogP contribution in [-0.2, 0) is 0 Å². The molecular weight excluding hydrogens is 322 g/mol. The minimum atomic E-state index is -2.55. The maximum atomic E-state index is 12.5. The molecule has 2 N–H and O–H groups in total. The van der Waals surface area contributed by atoms with Gasteiger partial charge in [0.1, 0.15) is 5.82 Å². The molecular formula is C13H9ClF2N2O2S. The van der Waals surface area contributed by atoms with Gasteiger partial charge in [0.2, 0.25) is 0 Å². The number of carboxylic acids is 1. The van der Waals surface area contributed by atoms with Crippen molar-refractivity contribution in [1.29, 1.82) is 0 Å². The van der Waals surface area contributed by atoms with Gasteiger partial charge in [-0.05, 0) is 24.3 Å². The Morgan fingerprint density at radius 3 is 2.67 bits per heavy atom. The zero-order chi connectivity index (χ0) is 15.4. The van der Waals surface area contributed by atoms with Crippen molar-refractivity contribution in [3.8, 4) is 0 Å². The van der Waals surface area contributed by atoms with Crippen LogP contribution in [-0.4, -0.2) is 21.8 Å². The second kappa shape index (κ2) is 6.73. The van der Waals surface area contributed by atoms with E-state index in [2.05, 4.69) is 10.3 Å². The molecule has 0 amide bonds. The maximum Gasteiger partial charge on any atom is 0.356 e. The molecule has 1 aromatic carbocycles. The Morgan fingerprint density at radius 2 is 2.00 bits per heavy atom. The number of benzene rings is 1. The number of rotatable bonds is 5. The predicted octanol–water partition coefficient (Wildman–Crippen LogP) is 4.49. The van der Waals surface area contributed by atoms with Gasteiger partial charge in [-0.1, -0.05) is 35.5 Å². The fourth-order valence-electron chi connectivity index (χ4n) is 1.57. The number of thioether (sulfide) groups is 1. The molecule has 0 saturated heterocycles. The van der Waals surface area contributed by atoms with Crippen LogP contribution in [0.15, 0.2) is 41.3 Å². The lowest BCUT2D eigenvalue weighted by Gasteiger charge is -2.11. The number of para-hydroxylation sites is 1. The normalized spacial score (nSPS) is 10.7. The lowest BCUT2D eigenvalue weighted by Crippen LogP contribution is -2.04. The zero-order valence-corrected chi connectivity index (χ0v) is 12.0. The van der Waals surface area contributed by atoms with Gasteiger partial charge in [0, 0.05) is 4.90 Å². The van der Waals surface area contributed by atoms with E-state index in [1.54, 1.807) is 18.2 Å². The highest BCUT2D eigenvalue weighted by Gasteiger charge is 2.13. The van der Waals surface area contributed by atoms with E-state index in [0.29, 0.717) is 22.3 Å². The Hall–Kier alpha value is -1.86. The number of nitrogens with zero attached hydrogens (tertiary/aromatic N) is 1. The third-order valence-corrected chi connectivity index (χ3v) is 3.51. The fraction of sp³-hybridized carbons (Fsp3) is 0.0769. The lowest BCUT2D eigenvalue weighted by molar-refractivity contribution is 0.0691. The minimum Gasteiger partial charge on any atom is -0.476 e. The van der Waals surface area contributed by atoms with Crippen LogP contribution < -0.4 is 5.32 Å². The van der Waals surface area contributed by atoms with Gasteiger partial charge in [-0.3, -0.25) is 0 Å². The number of carbonyl (C=O) groups is 1. The molecule has 2 rings (SSSR count). The van der Waals surface area contributed by atoms with Gasteiger partial charge in [-0.2, -0.15) is 8.78 Å². The van der Waals surface area contributed by atoms with Gasteiger partial charge < -0.3 is 10.4 Å². The highest BCUT2D eigenvalue weighted by Crippen LogP contribution is 2.33. The highest BCUT2D eigenvalue weighted by atomic mass is 35.5.